The lowest BCUT2D eigenvalue weighted by atomic mass is 9.95. The van der Waals surface area contributed by atoms with Gasteiger partial charge in [0.05, 0.1) is 0 Å². The van der Waals surface area contributed by atoms with E-state index in [2.05, 4.69) is 45.9 Å². The van der Waals surface area contributed by atoms with E-state index < -0.39 is 0 Å². The molecule has 0 saturated carbocycles. The summed E-state index contributed by atoms with van der Waals surface area (Å²) >= 11 is 6.27. The maximum Gasteiger partial charge on any atom is 0.0362 e. The molecule has 0 saturated heterocycles. The summed E-state index contributed by atoms with van der Waals surface area (Å²) in [5.41, 5.74) is 4.26. The molecular weight excluding hydrogens is 204 g/mol. The van der Waals surface area contributed by atoms with Gasteiger partial charge in [0.25, 0.3) is 0 Å². The van der Waals surface area contributed by atoms with Gasteiger partial charge in [-0.15, -0.1) is 11.6 Å². The van der Waals surface area contributed by atoms with Gasteiger partial charge < -0.3 is 0 Å². The van der Waals surface area contributed by atoms with Crippen LogP contribution in [0, 0.1) is 19.8 Å². The van der Waals surface area contributed by atoms with Crippen LogP contribution in [0.3, 0.4) is 0 Å². The fourth-order valence-electron chi connectivity index (χ4n) is 1.86. The summed E-state index contributed by atoms with van der Waals surface area (Å²) in [6, 6.07) is 6.48. The van der Waals surface area contributed by atoms with E-state index >= 15 is 0 Å². The van der Waals surface area contributed by atoms with Crippen LogP contribution in [0.4, 0.5) is 0 Å². The molecule has 0 bridgehead atoms. The molecule has 1 aromatic carbocycles. The summed E-state index contributed by atoms with van der Waals surface area (Å²) in [5.74, 6) is 0.566. The van der Waals surface area contributed by atoms with Crippen LogP contribution in [0.25, 0.3) is 0 Å². The van der Waals surface area contributed by atoms with Crippen LogP contribution in [0.15, 0.2) is 18.2 Å². The molecule has 1 heteroatoms. The number of halogens is 1. The largest absolute Gasteiger partial charge is 0.123 e. The second-order valence-electron chi connectivity index (χ2n) is 4.67. The molecule has 0 radical (unpaired) electrons. The molecule has 0 aliphatic carbocycles. The van der Waals surface area contributed by atoms with E-state index in [1.165, 1.54) is 16.7 Å². The summed E-state index contributed by atoms with van der Waals surface area (Å²) in [7, 11) is 0. The maximum absolute atomic E-state index is 6.27. The number of alkyl halides is 1. The third kappa shape index (κ3) is 3.53. The Balaban J connectivity index is 2.65. The molecule has 0 aliphatic heterocycles. The van der Waals surface area contributed by atoms with Gasteiger partial charge in [0, 0.05) is 5.38 Å². The van der Waals surface area contributed by atoms with Crippen molar-refractivity contribution < 1.29 is 0 Å². The molecule has 0 fully saturated rings. The maximum atomic E-state index is 6.27. The third-order valence-electron chi connectivity index (χ3n) is 3.04. The molecule has 0 aliphatic rings. The summed E-state index contributed by atoms with van der Waals surface area (Å²) < 4.78 is 0. The molecule has 0 nitrogen and oxygen atoms in total. The molecule has 1 atom stereocenters. The minimum Gasteiger partial charge on any atom is -0.123 e. The van der Waals surface area contributed by atoms with E-state index in [0.717, 1.165) is 12.8 Å². The van der Waals surface area contributed by atoms with E-state index in [0.29, 0.717) is 11.3 Å². The first kappa shape index (κ1) is 12.6. The molecule has 1 rings (SSSR count). The van der Waals surface area contributed by atoms with Crippen molar-refractivity contribution in [2.24, 2.45) is 5.92 Å². The lowest BCUT2D eigenvalue weighted by Gasteiger charge is -2.15. The van der Waals surface area contributed by atoms with Crippen LogP contribution < -0.4 is 0 Å². The normalized spacial score (nSPS) is 13.2. The van der Waals surface area contributed by atoms with Gasteiger partial charge in [0.2, 0.25) is 0 Å². The lowest BCUT2D eigenvalue weighted by Crippen LogP contribution is -2.09. The Morgan fingerprint density at radius 2 is 1.67 bits per heavy atom. The minimum absolute atomic E-state index is 0.295. The zero-order valence-corrected chi connectivity index (χ0v) is 10.9. The number of hydrogen-bond donors (Lipinski definition) is 0. The van der Waals surface area contributed by atoms with Gasteiger partial charge in [-0.25, -0.2) is 0 Å². The number of aryl methyl sites for hydroxylation is 2. The molecule has 1 aromatic rings. The smallest absolute Gasteiger partial charge is 0.0362 e. The zero-order valence-electron chi connectivity index (χ0n) is 10.2. The Bertz CT molecular complexity index is 295. The van der Waals surface area contributed by atoms with Crippen LogP contribution in [0.1, 0.15) is 37.0 Å². The summed E-state index contributed by atoms with van der Waals surface area (Å²) in [6.07, 6.45) is 2.18. The topological polar surface area (TPSA) is 0 Å². The van der Waals surface area contributed by atoms with Crippen molar-refractivity contribution in [3.63, 3.8) is 0 Å². The summed E-state index contributed by atoms with van der Waals surface area (Å²) in [4.78, 5) is 0. The van der Waals surface area contributed by atoms with Gasteiger partial charge in [0.15, 0.2) is 0 Å². The number of benzene rings is 1. The van der Waals surface area contributed by atoms with Crippen molar-refractivity contribution in [3.05, 3.63) is 34.9 Å². The van der Waals surface area contributed by atoms with E-state index in [-0.39, 0.29) is 0 Å². The van der Waals surface area contributed by atoms with Crippen molar-refractivity contribution in [3.8, 4) is 0 Å². The predicted octanol–water partition coefficient (Wildman–Crippen LogP) is 4.50. The molecule has 0 N–H and O–H groups in total. The first-order valence-corrected chi connectivity index (χ1v) is 6.15. The first-order valence-electron chi connectivity index (χ1n) is 5.71. The average molecular weight is 225 g/mol. The van der Waals surface area contributed by atoms with Gasteiger partial charge in [0.1, 0.15) is 0 Å². The van der Waals surface area contributed by atoms with Gasteiger partial charge in [-0.3, -0.25) is 0 Å². The standard InChI is InChI=1S/C14H21Cl/c1-10(2)14(15)9-8-13-11(3)6-5-7-12(13)4/h5-7,10,14H,8-9H2,1-4H3. The Kier molecular flexibility index (Phi) is 4.66. The van der Waals surface area contributed by atoms with E-state index in [1.54, 1.807) is 0 Å². The lowest BCUT2D eigenvalue weighted by molar-refractivity contribution is 0.564. The Morgan fingerprint density at radius 3 is 2.13 bits per heavy atom. The van der Waals surface area contributed by atoms with Crippen molar-refractivity contribution in [2.75, 3.05) is 0 Å². The Labute approximate surface area is 98.7 Å². The van der Waals surface area contributed by atoms with Gasteiger partial charge in [-0.05, 0) is 49.3 Å². The highest BCUT2D eigenvalue weighted by molar-refractivity contribution is 6.20. The summed E-state index contributed by atoms with van der Waals surface area (Å²) in [6.45, 7) is 8.73. The van der Waals surface area contributed by atoms with Gasteiger partial charge in [-0.2, -0.15) is 0 Å². The molecule has 1 unspecified atom stereocenters. The first-order chi connectivity index (χ1) is 7.02. The fraction of sp³-hybridized carbons (Fsp3) is 0.571. The quantitative estimate of drug-likeness (QED) is 0.661. The highest BCUT2D eigenvalue weighted by Gasteiger charge is 2.11. The predicted molar refractivity (Wildman–Crippen MR) is 68.7 cm³/mol. The molecule has 15 heavy (non-hydrogen) atoms. The number of hydrogen-bond acceptors (Lipinski definition) is 0. The summed E-state index contributed by atoms with van der Waals surface area (Å²) in [5, 5.41) is 0.295. The van der Waals surface area contributed by atoms with Gasteiger partial charge >= 0.3 is 0 Å². The molecule has 0 heterocycles. The minimum atomic E-state index is 0.295. The Morgan fingerprint density at radius 1 is 1.13 bits per heavy atom. The van der Waals surface area contributed by atoms with E-state index in [9.17, 15) is 0 Å². The molecular formula is C14H21Cl. The molecule has 0 amide bonds. The molecule has 84 valence electrons. The van der Waals surface area contributed by atoms with Crippen LogP contribution in [0.5, 0.6) is 0 Å². The van der Waals surface area contributed by atoms with Crippen molar-refractivity contribution in [1.82, 2.24) is 0 Å². The zero-order chi connectivity index (χ0) is 11.4. The highest BCUT2D eigenvalue weighted by Crippen LogP contribution is 2.20. The highest BCUT2D eigenvalue weighted by atomic mass is 35.5. The molecule has 0 aromatic heterocycles. The second kappa shape index (κ2) is 5.55. The third-order valence-corrected chi connectivity index (χ3v) is 3.76. The number of rotatable bonds is 4. The van der Waals surface area contributed by atoms with E-state index in [1.807, 2.05) is 0 Å². The van der Waals surface area contributed by atoms with Crippen LogP contribution in [0.2, 0.25) is 0 Å². The SMILES string of the molecule is Cc1cccc(C)c1CCC(Cl)C(C)C. The van der Waals surface area contributed by atoms with Crippen molar-refractivity contribution in [2.45, 2.75) is 45.9 Å². The Hall–Kier alpha value is -0.490. The average Bonchev–Trinajstić information content (AvgIpc) is 2.16. The van der Waals surface area contributed by atoms with Crippen LogP contribution >= 0.6 is 11.6 Å². The van der Waals surface area contributed by atoms with Crippen LogP contribution in [-0.4, -0.2) is 5.38 Å². The van der Waals surface area contributed by atoms with Gasteiger partial charge in [-0.1, -0.05) is 32.0 Å². The van der Waals surface area contributed by atoms with Crippen molar-refractivity contribution in [1.29, 1.82) is 0 Å². The second-order valence-corrected chi connectivity index (χ2v) is 5.23. The fourth-order valence-corrected chi connectivity index (χ4v) is 1.97. The monoisotopic (exact) mass is 224 g/mol. The van der Waals surface area contributed by atoms with Crippen molar-refractivity contribution >= 4 is 11.6 Å². The van der Waals surface area contributed by atoms with E-state index in [4.69, 9.17) is 11.6 Å². The molecule has 0 spiro atoms. The van der Waals surface area contributed by atoms with Crippen LogP contribution in [-0.2, 0) is 6.42 Å².